The average molecular weight is 541 g/mol. The second-order valence-corrected chi connectivity index (χ2v) is 10.0. The van der Waals surface area contributed by atoms with Crippen molar-refractivity contribution in [2.75, 3.05) is 49.6 Å². The Morgan fingerprint density at radius 2 is 1.90 bits per heavy atom. The maximum Gasteiger partial charge on any atom is 0.298 e. The number of morpholine rings is 1. The molecule has 3 aromatic rings. The molecule has 3 aliphatic heterocycles. The van der Waals surface area contributed by atoms with E-state index in [0.29, 0.717) is 44.5 Å². The SMILES string of the molecule is CC#CC(=O)N1CCC(Oc2cc(-c3cc4c(c(C)n3)OCc3c(N5CCOCC5)ccnc3N4)ccn2)CC1. The Morgan fingerprint density at radius 3 is 2.70 bits per heavy atom. The number of hydrogen-bond donors (Lipinski definition) is 1. The largest absolute Gasteiger partial charge is 0.485 e. The molecule has 10 nitrogen and oxygen atoms in total. The first-order valence-electron chi connectivity index (χ1n) is 13.7. The fourth-order valence-corrected chi connectivity index (χ4v) is 5.36. The number of piperidine rings is 1. The third kappa shape index (κ3) is 5.38. The third-order valence-electron chi connectivity index (χ3n) is 7.42. The highest BCUT2D eigenvalue weighted by atomic mass is 16.5. The number of anilines is 3. The lowest BCUT2D eigenvalue weighted by molar-refractivity contribution is -0.126. The van der Waals surface area contributed by atoms with Crippen molar-refractivity contribution in [2.24, 2.45) is 0 Å². The van der Waals surface area contributed by atoms with Gasteiger partial charge in [-0.2, -0.15) is 0 Å². The lowest BCUT2D eigenvalue weighted by Crippen LogP contribution is -2.41. The monoisotopic (exact) mass is 540 g/mol. The summed E-state index contributed by atoms with van der Waals surface area (Å²) in [6, 6.07) is 7.86. The van der Waals surface area contributed by atoms with E-state index in [-0.39, 0.29) is 12.0 Å². The summed E-state index contributed by atoms with van der Waals surface area (Å²) in [5.74, 6) is 7.20. The molecule has 10 heteroatoms. The van der Waals surface area contributed by atoms with E-state index in [1.807, 2.05) is 37.4 Å². The number of pyridine rings is 3. The molecule has 1 amide bonds. The molecule has 6 rings (SSSR count). The number of nitrogens with zero attached hydrogens (tertiary/aromatic N) is 5. The number of nitrogens with one attached hydrogen (secondary N) is 1. The van der Waals surface area contributed by atoms with Crippen molar-refractivity contribution in [1.82, 2.24) is 19.9 Å². The van der Waals surface area contributed by atoms with Gasteiger partial charge in [0.25, 0.3) is 5.91 Å². The summed E-state index contributed by atoms with van der Waals surface area (Å²) in [6.45, 7) is 8.37. The van der Waals surface area contributed by atoms with Gasteiger partial charge in [-0.15, -0.1) is 0 Å². The molecule has 1 N–H and O–H groups in total. The van der Waals surface area contributed by atoms with Crippen LogP contribution in [0.5, 0.6) is 11.6 Å². The van der Waals surface area contributed by atoms with Crippen LogP contribution in [-0.2, 0) is 16.1 Å². The molecular formula is C30H32N6O4. The number of likely N-dealkylation sites (tertiary alicyclic amines) is 1. The van der Waals surface area contributed by atoms with Crippen LogP contribution < -0.4 is 19.7 Å². The standard InChI is InChI=1S/C30H32N6O4/c1-3-4-28(37)36-11-7-22(8-12-36)40-27-17-21(5-9-31-27)24-18-25-29(20(2)33-24)39-19-23-26(6-10-32-30(23)34-25)35-13-15-38-16-14-35/h5-6,9-10,17-18,22H,7-8,11-16,19H2,1-2H3,(H,32,34). The number of rotatable bonds is 4. The van der Waals surface area contributed by atoms with E-state index in [1.165, 1.54) is 0 Å². The van der Waals surface area contributed by atoms with E-state index in [2.05, 4.69) is 32.0 Å². The molecule has 206 valence electrons. The van der Waals surface area contributed by atoms with Crippen LogP contribution >= 0.6 is 0 Å². The van der Waals surface area contributed by atoms with Gasteiger partial charge in [-0.1, -0.05) is 5.92 Å². The van der Waals surface area contributed by atoms with Gasteiger partial charge in [-0.05, 0) is 38.0 Å². The van der Waals surface area contributed by atoms with Crippen LogP contribution in [0, 0.1) is 18.8 Å². The average Bonchev–Trinajstić information content (AvgIpc) is 3.18. The predicted octanol–water partition coefficient (Wildman–Crippen LogP) is 3.71. The highest BCUT2D eigenvalue weighted by Gasteiger charge is 2.25. The second-order valence-electron chi connectivity index (χ2n) is 10.0. The number of carbonyl (C=O) groups excluding carboxylic acids is 1. The smallest absolute Gasteiger partial charge is 0.298 e. The quantitative estimate of drug-likeness (QED) is 0.496. The third-order valence-corrected chi connectivity index (χ3v) is 7.42. The molecule has 0 saturated carbocycles. The normalized spacial score (nSPS) is 16.9. The number of hydrogen-bond acceptors (Lipinski definition) is 9. The van der Waals surface area contributed by atoms with Crippen LogP contribution in [-0.4, -0.2) is 71.3 Å². The Kier molecular flexibility index (Phi) is 7.38. The van der Waals surface area contributed by atoms with Crippen molar-refractivity contribution >= 4 is 23.1 Å². The van der Waals surface area contributed by atoms with Crippen molar-refractivity contribution in [3.8, 4) is 34.7 Å². The van der Waals surface area contributed by atoms with Crippen molar-refractivity contribution < 1.29 is 19.0 Å². The van der Waals surface area contributed by atoms with Gasteiger partial charge in [0.1, 0.15) is 18.5 Å². The lowest BCUT2D eigenvalue weighted by atomic mass is 10.1. The Bertz CT molecular complexity index is 1470. The van der Waals surface area contributed by atoms with Crippen molar-refractivity contribution in [2.45, 2.75) is 39.4 Å². The van der Waals surface area contributed by atoms with Crippen LogP contribution in [0.2, 0.25) is 0 Å². The van der Waals surface area contributed by atoms with Gasteiger partial charge in [0.05, 0.1) is 35.9 Å². The van der Waals surface area contributed by atoms with Gasteiger partial charge in [-0.25, -0.2) is 15.0 Å². The maximum absolute atomic E-state index is 12.0. The molecule has 0 radical (unpaired) electrons. The van der Waals surface area contributed by atoms with Gasteiger partial charge >= 0.3 is 0 Å². The molecule has 0 aliphatic carbocycles. The highest BCUT2D eigenvalue weighted by Crippen LogP contribution is 2.40. The molecule has 2 fully saturated rings. The fraction of sp³-hybridized carbons (Fsp3) is 0.400. The van der Waals surface area contributed by atoms with E-state index in [9.17, 15) is 4.79 Å². The van der Waals surface area contributed by atoms with Crippen molar-refractivity contribution in [3.63, 3.8) is 0 Å². The first-order chi connectivity index (χ1) is 19.6. The van der Waals surface area contributed by atoms with Crippen LogP contribution in [0.15, 0.2) is 36.7 Å². The minimum absolute atomic E-state index is 0.0126. The van der Waals surface area contributed by atoms with Gasteiger partial charge in [-0.3, -0.25) is 4.79 Å². The molecule has 2 saturated heterocycles. The zero-order chi connectivity index (χ0) is 27.5. The molecule has 0 spiro atoms. The highest BCUT2D eigenvalue weighted by molar-refractivity contribution is 5.93. The number of carbonyl (C=O) groups is 1. The number of fused-ring (bicyclic) bond motifs is 2. The second kappa shape index (κ2) is 11.4. The molecule has 0 atom stereocenters. The van der Waals surface area contributed by atoms with Crippen LogP contribution in [0.25, 0.3) is 11.3 Å². The molecule has 0 aromatic carbocycles. The van der Waals surface area contributed by atoms with Gasteiger partial charge in [0.2, 0.25) is 5.88 Å². The zero-order valence-electron chi connectivity index (χ0n) is 22.8. The van der Waals surface area contributed by atoms with E-state index in [0.717, 1.165) is 65.6 Å². The van der Waals surface area contributed by atoms with Gasteiger partial charge in [0, 0.05) is 68.7 Å². The fourth-order valence-electron chi connectivity index (χ4n) is 5.36. The Labute approximate surface area is 233 Å². The summed E-state index contributed by atoms with van der Waals surface area (Å²) in [5, 5.41) is 3.51. The first-order valence-corrected chi connectivity index (χ1v) is 13.7. The van der Waals surface area contributed by atoms with Crippen LogP contribution in [0.3, 0.4) is 0 Å². The molecule has 40 heavy (non-hydrogen) atoms. The minimum atomic E-state index is -0.126. The van der Waals surface area contributed by atoms with E-state index >= 15 is 0 Å². The maximum atomic E-state index is 12.0. The predicted molar refractivity (Wildman–Crippen MR) is 151 cm³/mol. The van der Waals surface area contributed by atoms with E-state index in [4.69, 9.17) is 19.2 Å². The number of ether oxygens (including phenoxy) is 3. The summed E-state index contributed by atoms with van der Waals surface area (Å²) >= 11 is 0. The van der Waals surface area contributed by atoms with E-state index in [1.54, 1.807) is 18.0 Å². The number of aromatic nitrogens is 3. The Balaban J connectivity index is 1.21. The van der Waals surface area contributed by atoms with Crippen molar-refractivity contribution in [3.05, 3.63) is 47.9 Å². The molecule has 3 aromatic heterocycles. The lowest BCUT2D eigenvalue weighted by Gasteiger charge is -2.30. The Hall–Kier alpha value is -4.36. The first kappa shape index (κ1) is 25.9. The summed E-state index contributed by atoms with van der Waals surface area (Å²) in [5.41, 5.74) is 5.42. The van der Waals surface area contributed by atoms with Crippen LogP contribution in [0.4, 0.5) is 17.2 Å². The van der Waals surface area contributed by atoms with Crippen LogP contribution in [0.1, 0.15) is 31.0 Å². The number of aryl methyl sites for hydroxylation is 1. The number of amides is 1. The van der Waals surface area contributed by atoms with Gasteiger partial charge in [0.15, 0.2) is 5.75 Å². The summed E-state index contributed by atoms with van der Waals surface area (Å²) in [4.78, 5) is 30.1. The molecule has 3 aliphatic rings. The molecule has 6 heterocycles. The summed E-state index contributed by atoms with van der Waals surface area (Å²) < 4.78 is 18.0. The molecule has 0 unspecified atom stereocenters. The van der Waals surface area contributed by atoms with Gasteiger partial charge < -0.3 is 29.3 Å². The summed E-state index contributed by atoms with van der Waals surface area (Å²) in [7, 11) is 0. The minimum Gasteiger partial charge on any atom is -0.485 e. The van der Waals surface area contributed by atoms with E-state index < -0.39 is 0 Å². The molecule has 0 bridgehead atoms. The molecular weight excluding hydrogens is 508 g/mol. The Morgan fingerprint density at radius 1 is 1.10 bits per heavy atom. The topological polar surface area (TPSA) is 102 Å². The summed E-state index contributed by atoms with van der Waals surface area (Å²) in [6.07, 6.45) is 5.03. The van der Waals surface area contributed by atoms with Crippen molar-refractivity contribution in [1.29, 1.82) is 0 Å². The zero-order valence-corrected chi connectivity index (χ0v) is 22.8.